The van der Waals surface area contributed by atoms with Crippen LogP contribution in [0.15, 0.2) is 36.9 Å². The van der Waals surface area contributed by atoms with E-state index in [-0.39, 0.29) is 30.1 Å². The molecule has 0 spiro atoms. The van der Waals surface area contributed by atoms with E-state index in [9.17, 15) is 22.5 Å². The summed E-state index contributed by atoms with van der Waals surface area (Å²) in [7, 11) is -4.34. The molecule has 3 rings (SSSR count). The summed E-state index contributed by atoms with van der Waals surface area (Å²) < 4.78 is 69.5. The lowest BCUT2D eigenvalue weighted by Gasteiger charge is -2.34. The predicted molar refractivity (Wildman–Crippen MR) is 144 cm³/mol. The van der Waals surface area contributed by atoms with Gasteiger partial charge in [-0.05, 0) is 44.9 Å². The highest BCUT2D eigenvalue weighted by molar-refractivity contribution is 7.59. The van der Waals surface area contributed by atoms with Crippen LogP contribution in [-0.4, -0.2) is 56.3 Å². The minimum absolute atomic E-state index is 0.0819. The number of esters is 1. The zero-order chi connectivity index (χ0) is 30.4. The Morgan fingerprint density at radius 2 is 1.90 bits per heavy atom. The summed E-state index contributed by atoms with van der Waals surface area (Å²) in [5.41, 5.74) is 4.85. The maximum Gasteiger partial charge on any atom is 0.408 e. The molecule has 41 heavy (non-hydrogen) atoms. The second kappa shape index (κ2) is 12.9. The second-order valence-corrected chi connectivity index (χ2v) is 12.1. The van der Waals surface area contributed by atoms with Crippen molar-refractivity contribution < 1.29 is 32.0 Å². The fourth-order valence-corrected chi connectivity index (χ4v) is 6.24. The van der Waals surface area contributed by atoms with Crippen molar-refractivity contribution in [2.75, 3.05) is 18.7 Å². The summed E-state index contributed by atoms with van der Waals surface area (Å²) >= 11 is 0. The first-order chi connectivity index (χ1) is 19.2. The number of imidazole rings is 1. The maximum absolute atomic E-state index is 14.3. The van der Waals surface area contributed by atoms with Gasteiger partial charge in [-0.1, -0.05) is 19.1 Å². The molecule has 1 aromatic carbocycles. The number of aromatic nitrogens is 4. The van der Waals surface area contributed by atoms with Gasteiger partial charge in [-0.3, -0.25) is 9.36 Å². The van der Waals surface area contributed by atoms with Crippen LogP contribution < -0.4 is 15.9 Å². The standard InChI is InChI=1S/C25H32F3N8O4P/c1-5-10-39-23(37)24(3,4)35-41(38,34-20(25(26,27)28)18-8-6-17(11-29)7-9-18)15-40-16(2)12-36-14-33-19-21(30)31-13-32-22(19)36/h6-9,13-14,16,20H,5,10,12,15H2,1-4H3,(H2,30,31,32)(H2,34,35,38). The van der Waals surface area contributed by atoms with E-state index < -0.39 is 43.6 Å². The van der Waals surface area contributed by atoms with Crippen molar-refractivity contribution in [3.63, 3.8) is 0 Å². The monoisotopic (exact) mass is 596 g/mol. The van der Waals surface area contributed by atoms with Gasteiger partial charge in [0.2, 0.25) is 7.44 Å². The highest BCUT2D eigenvalue weighted by Gasteiger charge is 2.47. The number of carbonyl (C=O) groups excluding carboxylic acids is 1. The van der Waals surface area contributed by atoms with Crippen LogP contribution in [-0.2, 0) is 25.4 Å². The fraction of sp³-hybridized carbons (Fsp3) is 0.480. The van der Waals surface area contributed by atoms with E-state index in [0.29, 0.717) is 17.6 Å². The van der Waals surface area contributed by atoms with Crippen LogP contribution in [0.5, 0.6) is 0 Å². The van der Waals surface area contributed by atoms with Gasteiger partial charge in [0, 0.05) is 0 Å². The predicted octanol–water partition coefficient (Wildman–Crippen LogP) is 4.05. The Morgan fingerprint density at radius 1 is 1.22 bits per heavy atom. The Morgan fingerprint density at radius 3 is 2.51 bits per heavy atom. The number of hydrogen-bond donors (Lipinski definition) is 3. The van der Waals surface area contributed by atoms with E-state index in [1.54, 1.807) is 18.4 Å². The number of ether oxygens (including phenoxy) is 2. The van der Waals surface area contributed by atoms with Crippen molar-refractivity contribution in [2.24, 2.45) is 0 Å². The van der Waals surface area contributed by atoms with E-state index in [1.807, 2.05) is 6.07 Å². The number of nitrogens with zero attached hydrogens (tertiary/aromatic N) is 5. The van der Waals surface area contributed by atoms with E-state index in [0.717, 1.165) is 12.1 Å². The molecular weight excluding hydrogens is 564 g/mol. The van der Waals surface area contributed by atoms with Crippen molar-refractivity contribution in [1.29, 1.82) is 5.26 Å². The van der Waals surface area contributed by atoms with Gasteiger partial charge in [0.05, 0.1) is 37.2 Å². The van der Waals surface area contributed by atoms with Crippen molar-refractivity contribution in [3.05, 3.63) is 48.0 Å². The molecule has 0 aliphatic carbocycles. The van der Waals surface area contributed by atoms with Crippen molar-refractivity contribution in [1.82, 2.24) is 29.7 Å². The zero-order valence-corrected chi connectivity index (χ0v) is 23.9. The number of carbonyl (C=O) groups is 1. The summed E-state index contributed by atoms with van der Waals surface area (Å²) in [6, 6.07) is 4.13. The van der Waals surface area contributed by atoms with Crippen molar-refractivity contribution in [3.8, 4) is 6.07 Å². The SMILES string of the molecule is CCCOC(=O)C(C)(C)NP(=O)(COC(C)Cn1cnc2c(N)ncnc21)NC(c1ccc(C#N)cc1)C(F)(F)F. The number of fused-ring (bicyclic) bond motifs is 1. The number of hydrogen-bond acceptors (Lipinski definition) is 9. The van der Waals surface area contributed by atoms with Gasteiger partial charge in [0.15, 0.2) is 11.5 Å². The summed E-state index contributed by atoms with van der Waals surface area (Å²) in [6.07, 6.45) is -3.04. The van der Waals surface area contributed by atoms with Crippen LogP contribution in [0.4, 0.5) is 19.0 Å². The molecule has 0 amide bonds. The number of alkyl halides is 3. The van der Waals surface area contributed by atoms with Gasteiger partial charge >= 0.3 is 12.1 Å². The number of benzene rings is 1. The molecular formula is C25H32F3N8O4P. The number of nitrogens with one attached hydrogen (secondary N) is 2. The van der Waals surface area contributed by atoms with Gasteiger partial charge < -0.3 is 19.8 Å². The van der Waals surface area contributed by atoms with Gasteiger partial charge in [0.25, 0.3) is 0 Å². The third-order valence-corrected chi connectivity index (χ3v) is 7.98. The molecule has 0 saturated heterocycles. The molecule has 3 aromatic rings. The number of rotatable bonds is 13. The highest BCUT2D eigenvalue weighted by Crippen LogP contribution is 2.46. The highest BCUT2D eigenvalue weighted by atomic mass is 31.2. The first kappa shape index (κ1) is 32.0. The third kappa shape index (κ3) is 8.23. The van der Waals surface area contributed by atoms with Crippen LogP contribution >= 0.6 is 7.44 Å². The number of nitrogen functional groups attached to an aromatic ring is 1. The number of nitriles is 1. The van der Waals surface area contributed by atoms with Crippen molar-refractivity contribution >= 4 is 30.4 Å². The lowest BCUT2D eigenvalue weighted by Crippen LogP contribution is -2.50. The maximum atomic E-state index is 14.3. The molecule has 2 aromatic heterocycles. The molecule has 0 bridgehead atoms. The second-order valence-electron chi connectivity index (χ2n) is 9.88. The molecule has 222 valence electrons. The Balaban J connectivity index is 1.88. The summed E-state index contributed by atoms with van der Waals surface area (Å²) in [6.45, 7) is 6.35. The smallest absolute Gasteiger partial charge is 0.408 e. The zero-order valence-electron chi connectivity index (χ0n) is 23.0. The average molecular weight is 597 g/mol. The quantitative estimate of drug-likeness (QED) is 0.192. The molecule has 0 aliphatic heterocycles. The van der Waals surface area contributed by atoms with Gasteiger partial charge in [0.1, 0.15) is 29.8 Å². The van der Waals surface area contributed by atoms with Gasteiger partial charge in [-0.15, -0.1) is 0 Å². The summed E-state index contributed by atoms with van der Waals surface area (Å²) in [4.78, 5) is 24.9. The number of halogens is 3. The van der Waals surface area contributed by atoms with Gasteiger partial charge in [-0.2, -0.15) is 18.4 Å². The summed E-state index contributed by atoms with van der Waals surface area (Å²) in [5, 5.41) is 13.8. The molecule has 3 atom stereocenters. The Labute approximate surface area is 234 Å². The summed E-state index contributed by atoms with van der Waals surface area (Å²) in [5.74, 6) is -0.614. The molecule has 0 fully saturated rings. The number of nitrogens with two attached hydrogens (primary N) is 1. The Kier molecular flexibility index (Phi) is 10.1. The van der Waals surface area contributed by atoms with Gasteiger partial charge in [-0.25, -0.2) is 25.1 Å². The minimum Gasteiger partial charge on any atom is -0.464 e. The lowest BCUT2D eigenvalue weighted by molar-refractivity contribution is -0.153. The van der Waals surface area contributed by atoms with Crippen LogP contribution in [0.2, 0.25) is 0 Å². The van der Waals surface area contributed by atoms with E-state index in [2.05, 4.69) is 25.1 Å². The average Bonchev–Trinajstić information content (AvgIpc) is 3.32. The molecule has 2 heterocycles. The largest absolute Gasteiger partial charge is 0.464 e. The molecule has 0 aliphatic rings. The van der Waals surface area contributed by atoms with Crippen molar-refractivity contribution in [2.45, 2.75) is 64.5 Å². The van der Waals surface area contributed by atoms with Crippen LogP contribution in [0, 0.1) is 11.3 Å². The normalized spacial score (nSPS) is 15.2. The first-order valence-electron chi connectivity index (χ1n) is 12.6. The Hall–Kier alpha value is -3.57. The fourth-order valence-electron chi connectivity index (χ4n) is 3.86. The lowest BCUT2D eigenvalue weighted by atomic mass is 10.1. The molecule has 4 N–H and O–H groups in total. The molecule has 3 unspecified atom stereocenters. The minimum atomic E-state index is -4.89. The van der Waals surface area contributed by atoms with Crippen LogP contribution in [0.3, 0.4) is 0 Å². The van der Waals surface area contributed by atoms with E-state index in [4.69, 9.17) is 20.5 Å². The van der Waals surface area contributed by atoms with E-state index >= 15 is 0 Å². The Bertz CT molecular complexity index is 1440. The molecule has 16 heteroatoms. The molecule has 0 saturated carbocycles. The molecule has 0 radical (unpaired) electrons. The van der Waals surface area contributed by atoms with Crippen LogP contribution in [0.25, 0.3) is 11.2 Å². The van der Waals surface area contributed by atoms with Crippen LogP contribution in [0.1, 0.15) is 51.3 Å². The van der Waals surface area contributed by atoms with E-state index in [1.165, 1.54) is 38.6 Å². The third-order valence-electron chi connectivity index (χ3n) is 5.87. The first-order valence-corrected chi connectivity index (χ1v) is 14.5. The topological polar surface area (TPSA) is 170 Å². The molecule has 12 nitrogen and oxygen atoms in total. The number of anilines is 1.